The van der Waals surface area contributed by atoms with Crippen molar-refractivity contribution in [2.75, 3.05) is 5.75 Å². The zero-order chi connectivity index (χ0) is 4.83. The summed E-state index contributed by atoms with van der Waals surface area (Å²) in [5, 5.41) is 7.66. The van der Waals surface area contributed by atoms with Gasteiger partial charge in [-0.1, -0.05) is 6.92 Å². The van der Waals surface area contributed by atoms with Crippen molar-refractivity contribution in [3.05, 3.63) is 0 Å². The molecule has 0 fully saturated rings. The van der Waals surface area contributed by atoms with Gasteiger partial charge in [0.25, 0.3) is 0 Å². The van der Waals surface area contributed by atoms with E-state index in [-0.39, 0.29) is 0 Å². The molecule has 0 atom stereocenters. The summed E-state index contributed by atoms with van der Waals surface area (Å²) in [7, 11) is 0. The van der Waals surface area contributed by atoms with Crippen LogP contribution < -0.4 is 0 Å². The SMILES string of the molecule is CCCSOO. The Morgan fingerprint density at radius 2 is 2.50 bits per heavy atom. The highest BCUT2D eigenvalue weighted by Gasteiger charge is 1.77. The van der Waals surface area contributed by atoms with E-state index in [9.17, 15) is 0 Å². The predicted molar refractivity (Wildman–Crippen MR) is 26.5 cm³/mol. The van der Waals surface area contributed by atoms with E-state index >= 15 is 0 Å². The Morgan fingerprint density at radius 3 is 2.67 bits per heavy atom. The molecule has 38 valence electrons. The van der Waals surface area contributed by atoms with Crippen LogP contribution in [0.3, 0.4) is 0 Å². The average molecular weight is 108 g/mol. The summed E-state index contributed by atoms with van der Waals surface area (Å²) < 4.78 is 3.70. The van der Waals surface area contributed by atoms with Gasteiger partial charge in [-0.05, 0) is 6.42 Å². The van der Waals surface area contributed by atoms with Gasteiger partial charge in [0.1, 0.15) is 0 Å². The van der Waals surface area contributed by atoms with Gasteiger partial charge in [0.05, 0.1) is 0 Å². The Kier molecular flexibility index (Phi) is 5.51. The normalized spacial score (nSPS) is 9.00. The van der Waals surface area contributed by atoms with Gasteiger partial charge in [0, 0.05) is 17.8 Å². The van der Waals surface area contributed by atoms with E-state index in [0.717, 1.165) is 24.2 Å². The molecule has 0 aliphatic rings. The molecule has 0 aliphatic heterocycles. The van der Waals surface area contributed by atoms with Gasteiger partial charge in [-0.2, -0.15) is 4.33 Å². The third kappa shape index (κ3) is 4.27. The molecule has 0 unspecified atom stereocenters. The van der Waals surface area contributed by atoms with Crippen molar-refractivity contribution < 1.29 is 9.59 Å². The largest absolute Gasteiger partial charge is 0.239 e. The summed E-state index contributed by atoms with van der Waals surface area (Å²) in [5.41, 5.74) is 0. The Labute approximate surface area is 41.6 Å². The van der Waals surface area contributed by atoms with E-state index in [1.807, 2.05) is 6.92 Å². The minimum absolute atomic E-state index is 0.858. The van der Waals surface area contributed by atoms with Crippen LogP contribution in [0.4, 0.5) is 0 Å². The maximum Gasteiger partial charge on any atom is 0.0311 e. The molecule has 0 aromatic heterocycles. The highest BCUT2D eigenvalue weighted by molar-refractivity contribution is 7.94. The molecule has 0 bridgehead atoms. The van der Waals surface area contributed by atoms with Crippen LogP contribution in [0.25, 0.3) is 0 Å². The van der Waals surface area contributed by atoms with E-state index in [0.29, 0.717) is 0 Å². The molecular formula is C3H8O2S. The molecule has 0 aliphatic carbocycles. The van der Waals surface area contributed by atoms with E-state index in [1.165, 1.54) is 0 Å². The van der Waals surface area contributed by atoms with Gasteiger partial charge < -0.3 is 0 Å². The molecule has 6 heavy (non-hydrogen) atoms. The average Bonchev–Trinajstić information content (AvgIpc) is 1.61. The lowest BCUT2D eigenvalue weighted by Crippen LogP contribution is -1.72. The maximum atomic E-state index is 7.66. The first kappa shape index (κ1) is 6.27. The third-order valence-corrected chi connectivity index (χ3v) is 1.02. The van der Waals surface area contributed by atoms with Gasteiger partial charge in [-0.25, -0.2) is 5.26 Å². The van der Waals surface area contributed by atoms with Gasteiger partial charge >= 0.3 is 0 Å². The molecule has 2 nitrogen and oxygen atoms in total. The molecule has 0 aromatic rings. The molecule has 0 heterocycles. The fourth-order valence-electron chi connectivity index (χ4n) is 0.121. The summed E-state index contributed by atoms with van der Waals surface area (Å²) in [6.07, 6.45) is 1.03. The van der Waals surface area contributed by atoms with E-state index in [1.54, 1.807) is 0 Å². The Balaban J connectivity index is 2.34. The maximum absolute atomic E-state index is 7.66. The first-order valence-electron chi connectivity index (χ1n) is 1.85. The van der Waals surface area contributed by atoms with Crippen LogP contribution in [-0.4, -0.2) is 11.0 Å². The van der Waals surface area contributed by atoms with Crippen molar-refractivity contribution in [1.29, 1.82) is 0 Å². The lowest BCUT2D eigenvalue weighted by molar-refractivity contribution is -0.116. The standard InChI is InChI=1S/C3H8O2S/c1-2-3-6-5-4/h4H,2-3H2,1H3. The highest BCUT2D eigenvalue weighted by atomic mass is 32.2. The summed E-state index contributed by atoms with van der Waals surface area (Å²) in [6.45, 7) is 2.02. The summed E-state index contributed by atoms with van der Waals surface area (Å²) in [6, 6.07) is 0. The zero-order valence-corrected chi connectivity index (χ0v) is 4.49. The minimum atomic E-state index is 0.858. The smallest absolute Gasteiger partial charge is 0.0311 e. The number of hydrogen-bond donors (Lipinski definition) is 1. The minimum Gasteiger partial charge on any atom is -0.239 e. The lowest BCUT2D eigenvalue weighted by Gasteiger charge is -1.85. The van der Waals surface area contributed by atoms with Crippen molar-refractivity contribution in [3.63, 3.8) is 0 Å². The molecule has 3 heteroatoms. The van der Waals surface area contributed by atoms with Crippen molar-refractivity contribution >= 4 is 12.0 Å². The van der Waals surface area contributed by atoms with Gasteiger partial charge in [0.15, 0.2) is 0 Å². The Bertz CT molecular complexity index is 20.8. The molecule has 0 spiro atoms. The summed E-state index contributed by atoms with van der Waals surface area (Å²) >= 11 is 1.06. The van der Waals surface area contributed by atoms with Crippen LogP contribution in [0.2, 0.25) is 0 Å². The molecule has 0 saturated carbocycles. The first-order valence-corrected chi connectivity index (χ1v) is 2.76. The van der Waals surface area contributed by atoms with Crippen molar-refractivity contribution in [2.45, 2.75) is 13.3 Å². The summed E-state index contributed by atoms with van der Waals surface area (Å²) in [4.78, 5) is 0. The van der Waals surface area contributed by atoms with Gasteiger partial charge in [-0.15, -0.1) is 0 Å². The third-order valence-electron chi connectivity index (χ3n) is 0.340. The fourth-order valence-corrected chi connectivity index (χ4v) is 0.362. The molecule has 0 saturated heterocycles. The quantitative estimate of drug-likeness (QED) is 0.257. The van der Waals surface area contributed by atoms with Crippen LogP contribution in [0.5, 0.6) is 0 Å². The van der Waals surface area contributed by atoms with Crippen LogP contribution in [-0.2, 0) is 4.33 Å². The highest BCUT2D eigenvalue weighted by Crippen LogP contribution is 1.98. The molecule has 0 rings (SSSR count). The van der Waals surface area contributed by atoms with Crippen LogP contribution in [0, 0.1) is 0 Å². The molecule has 0 aromatic carbocycles. The van der Waals surface area contributed by atoms with Gasteiger partial charge in [-0.3, -0.25) is 0 Å². The van der Waals surface area contributed by atoms with Gasteiger partial charge in [0.2, 0.25) is 0 Å². The summed E-state index contributed by atoms with van der Waals surface area (Å²) in [5.74, 6) is 0.858. The Hall–Kier alpha value is 0.270. The lowest BCUT2D eigenvalue weighted by atomic mass is 10.6. The topological polar surface area (TPSA) is 29.5 Å². The zero-order valence-electron chi connectivity index (χ0n) is 3.68. The van der Waals surface area contributed by atoms with Crippen LogP contribution in [0.1, 0.15) is 13.3 Å². The predicted octanol–water partition coefficient (Wildman–Crippen LogP) is 1.53. The second-order valence-corrected chi connectivity index (χ2v) is 1.69. The second-order valence-electron chi connectivity index (χ2n) is 0.897. The molecule has 1 N–H and O–H groups in total. The fraction of sp³-hybridized carbons (Fsp3) is 1.00. The van der Waals surface area contributed by atoms with Crippen molar-refractivity contribution in [3.8, 4) is 0 Å². The van der Waals surface area contributed by atoms with E-state index in [4.69, 9.17) is 5.26 Å². The number of rotatable bonds is 3. The molecule has 0 radical (unpaired) electrons. The second kappa shape index (κ2) is 5.27. The van der Waals surface area contributed by atoms with E-state index < -0.39 is 0 Å². The van der Waals surface area contributed by atoms with Crippen molar-refractivity contribution in [2.24, 2.45) is 0 Å². The molecule has 0 amide bonds. The Morgan fingerprint density at radius 1 is 1.83 bits per heavy atom. The van der Waals surface area contributed by atoms with Crippen LogP contribution >= 0.6 is 12.0 Å². The van der Waals surface area contributed by atoms with Crippen LogP contribution in [0.15, 0.2) is 0 Å². The molecular weight excluding hydrogens is 100 g/mol. The van der Waals surface area contributed by atoms with E-state index in [2.05, 4.69) is 4.33 Å². The first-order chi connectivity index (χ1) is 2.91. The number of hydrogen-bond acceptors (Lipinski definition) is 3. The van der Waals surface area contributed by atoms with Crippen molar-refractivity contribution in [1.82, 2.24) is 0 Å². The monoisotopic (exact) mass is 108 g/mol.